The Kier molecular flexibility index (Phi) is 3.21. The molecule has 1 aliphatic rings. The topological polar surface area (TPSA) is 46.1 Å². The summed E-state index contributed by atoms with van der Waals surface area (Å²) in [6.07, 6.45) is -13.2. The van der Waals surface area contributed by atoms with Gasteiger partial charge in [-0.1, -0.05) is 11.6 Å². The summed E-state index contributed by atoms with van der Waals surface area (Å²) in [7, 11) is 0. The summed E-state index contributed by atoms with van der Waals surface area (Å²) in [5.41, 5.74) is -4.21. The van der Waals surface area contributed by atoms with Gasteiger partial charge in [0.05, 0.1) is 5.02 Å². The van der Waals surface area contributed by atoms with E-state index in [0.717, 1.165) is 18.2 Å². The molecule has 2 heterocycles. The molecule has 1 saturated heterocycles. The quantitative estimate of drug-likeness (QED) is 0.736. The molecule has 0 bridgehead atoms. The second-order valence-corrected chi connectivity index (χ2v) is 6.11. The molecule has 1 amide bonds. The molecule has 0 spiro atoms. The molecule has 0 saturated carbocycles. The average Bonchev–Trinajstić information content (AvgIpc) is 2.76. The second-order valence-electron chi connectivity index (χ2n) is 5.71. The second kappa shape index (κ2) is 8.30. The van der Waals surface area contributed by atoms with E-state index in [-0.39, 0.29) is 4.90 Å². The Morgan fingerprint density at radius 1 is 1.41 bits per heavy atom. The van der Waals surface area contributed by atoms with Crippen molar-refractivity contribution in [3.05, 3.63) is 58.4 Å². The van der Waals surface area contributed by atoms with Crippen LogP contribution in [0.5, 0.6) is 0 Å². The minimum absolute atomic E-state index is 0.0577. The molecule has 7 heteroatoms. The van der Waals surface area contributed by atoms with E-state index in [2.05, 4.69) is 9.97 Å². The van der Waals surface area contributed by atoms with Crippen molar-refractivity contribution in [2.75, 3.05) is 13.0 Å². The third-order valence-electron chi connectivity index (χ3n) is 3.61. The number of nitrogens with zero attached hydrogens (tertiary/aromatic N) is 3. The maximum Gasteiger partial charge on any atom is 0.253 e. The molecule has 1 aromatic heterocycles. The number of halogens is 3. The van der Waals surface area contributed by atoms with Crippen LogP contribution in [0.4, 0.5) is 8.78 Å². The number of amides is 1. The Labute approximate surface area is 176 Å². The SMILES string of the molecule is [2H]C([2H])(CC([2H])([2H])C1(F)C([2H])([2H])CN(C(=O)c2ccc(F)c(Cl)c2)C([2H])([2H])C1([2H])[2H])c1ncc(C)cn1. The summed E-state index contributed by atoms with van der Waals surface area (Å²) >= 11 is 5.66. The molecule has 1 aliphatic heterocycles. The summed E-state index contributed by atoms with van der Waals surface area (Å²) < 4.78 is 113. The normalized spacial score (nSPS) is 32.1. The number of alkyl halides is 1. The number of aromatic nitrogens is 2. The lowest BCUT2D eigenvalue weighted by atomic mass is 9.88. The van der Waals surface area contributed by atoms with Crippen LogP contribution in [-0.4, -0.2) is 39.5 Å². The van der Waals surface area contributed by atoms with E-state index in [9.17, 15) is 9.18 Å². The van der Waals surface area contributed by atoms with Gasteiger partial charge in [-0.25, -0.2) is 18.7 Å². The number of piperidine rings is 1. The van der Waals surface area contributed by atoms with Crippen molar-refractivity contribution < 1.29 is 27.3 Å². The highest BCUT2D eigenvalue weighted by molar-refractivity contribution is 6.31. The van der Waals surface area contributed by atoms with Gasteiger partial charge in [-0.2, -0.15) is 0 Å². The Balaban J connectivity index is 2.08. The third kappa shape index (κ3) is 5.01. The Morgan fingerprint density at radius 3 is 2.85 bits per heavy atom. The first-order chi connectivity index (χ1) is 16.6. The zero-order valence-electron chi connectivity index (χ0n) is 24.2. The number of carbonyl (C=O) groups excluding carboxylic acids is 1. The van der Waals surface area contributed by atoms with Crippen molar-refractivity contribution in [3.8, 4) is 0 Å². The van der Waals surface area contributed by atoms with E-state index in [0.29, 0.717) is 5.56 Å². The highest BCUT2D eigenvalue weighted by Gasteiger charge is 2.35. The van der Waals surface area contributed by atoms with Crippen molar-refractivity contribution in [1.29, 1.82) is 0 Å². The van der Waals surface area contributed by atoms with E-state index in [1.54, 1.807) is 6.92 Å². The van der Waals surface area contributed by atoms with Gasteiger partial charge in [-0.15, -0.1) is 0 Å². The fourth-order valence-electron chi connectivity index (χ4n) is 2.16. The molecule has 0 radical (unpaired) electrons. The molecule has 27 heavy (non-hydrogen) atoms. The Bertz CT molecular complexity index is 1220. The van der Waals surface area contributed by atoms with Crippen molar-refractivity contribution in [3.63, 3.8) is 0 Å². The van der Waals surface area contributed by atoms with Gasteiger partial charge in [0.2, 0.25) is 0 Å². The van der Waals surface area contributed by atoms with E-state index >= 15 is 4.39 Å². The van der Waals surface area contributed by atoms with Crippen LogP contribution < -0.4 is 0 Å². The van der Waals surface area contributed by atoms with E-state index in [4.69, 9.17) is 25.3 Å². The van der Waals surface area contributed by atoms with Gasteiger partial charge in [0, 0.05) is 51.1 Å². The molecule has 0 aliphatic carbocycles. The summed E-state index contributed by atoms with van der Waals surface area (Å²) in [4.78, 5) is 20.6. The van der Waals surface area contributed by atoms with Crippen molar-refractivity contribution >= 4 is 17.5 Å². The molecule has 144 valence electrons. The number of likely N-dealkylation sites (tertiary alicyclic amines) is 1. The molecule has 0 N–H and O–H groups in total. The maximum absolute atomic E-state index is 16.7. The van der Waals surface area contributed by atoms with Gasteiger partial charge in [0.15, 0.2) is 0 Å². The van der Waals surface area contributed by atoms with Crippen molar-refractivity contribution in [2.24, 2.45) is 0 Å². The zero-order chi connectivity index (χ0) is 28.4. The number of benzene rings is 1. The van der Waals surface area contributed by atoms with Crippen molar-refractivity contribution in [1.82, 2.24) is 14.9 Å². The van der Waals surface area contributed by atoms with Crippen LogP contribution in [-0.2, 0) is 6.37 Å². The lowest BCUT2D eigenvalue weighted by Gasteiger charge is -2.36. The highest BCUT2D eigenvalue weighted by atomic mass is 35.5. The molecule has 1 atom stereocenters. The molecule has 1 aromatic carbocycles. The molecule has 1 fully saturated rings. The molecule has 4 nitrogen and oxygen atoms in total. The molecular weight excluding hydrogens is 372 g/mol. The van der Waals surface area contributed by atoms with Crippen LogP contribution in [0, 0.1) is 12.7 Å². The summed E-state index contributed by atoms with van der Waals surface area (Å²) in [6.45, 7) is -3.49. The molecule has 2 aromatic rings. The van der Waals surface area contributed by atoms with Gasteiger partial charge in [0.1, 0.15) is 17.3 Å². The van der Waals surface area contributed by atoms with Gasteiger partial charge in [-0.05, 0) is 56.2 Å². The lowest BCUT2D eigenvalue weighted by molar-refractivity contribution is 0.0389. The maximum atomic E-state index is 16.7. The van der Waals surface area contributed by atoms with Crippen molar-refractivity contribution in [2.45, 2.75) is 44.5 Å². The zero-order valence-corrected chi connectivity index (χ0v) is 14.9. The summed E-state index contributed by atoms with van der Waals surface area (Å²) in [5, 5.41) is -0.522. The predicted octanol–water partition coefficient (Wildman–Crippen LogP) is 4.54. The first kappa shape index (κ1) is 10.5. The number of aryl methyl sites for hydroxylation is 2. The van der Waals surface area contributed by atoms with Crippen LogP contribution in [0.25, 0.3) is 0 Å². The third-order valence-corrected chi connectivity index (χ3v) is 3.90. The largest absolute Gasteiger partial charge is 0.338 e. The smallest absolute Gasteiger partial charge is 0.253 e. The van der Waals surface area contributed by atoms with E-state index in [1.165, 1.54) is 12.4 Å². The monoisotopic (exact) mass is 403 g/mol. The Morgan fingerprint density at radius 2 is 2.15 bits per heavy atom. The minimum atomic E-state index is -4.31. The minimum Gasteiger partial charge on any atom is -0.338 e. The fourth-order valence-corrected chi connectivity index (χ4v) is 2.34. The van der Waals surface area contributed by atoms with Gasteiger partial charge < -0.3 is 4.90 Å². The number of carbonyl (C=O) groups is 1. The van der Waals surface area contributed by atoms with E-state index in [1.807, 2.05) is 0 Å². The molecule has 3 rings (SSSR count). The fraction of sp³-hybridized carbons (Fsp3) is 0.450. The van der Waals surface area contributed by atoms with Gasteiger partial charge in [-0.3, -0.25) is 4.79 Å². The number of hydrogen-bond acceptors (Lipinski definition) is 3. The first-order valence-corrected chi connectivity index (χ1v) is 8.25. The summed E-state index contributed by atoms with van der Waals surface area (Å²) in [5.74, 6) is -2.81. The average molecular weight is 404 g/mol. The van der Waals surface area contributed by atoms with Crippen LogP contribution in [0.3, 0.4) is 0 Å². The Hall–Kier alpha value is -2.08. The summed E-state index contributed by atoms with van der Waals surface area (Å²) in [6, 6.07) is 2.50. The standard InChI is InChI=1S/C20H22ClF2N3O/c1-14-12-24-18(25-13-14)3-2-6-20(23)7-9-26(10-8-20)19(27)15-4-5-17(22)16(21)11-15/h4-5,11-13H,2-3,6-10H2,1H3/i3D2,6D2,7D2,8D2,9D2. The molecular formula is C20H22ClF2N3O. The van der Waals surface area contributed by atoms with Crippen LogP contribution >= 0.6 is 11.6 Å². The van der Waals surface area contributed by atoms with Gasteiger partial charge in [0.25, 0.3) is 5.91 Å². The van der Waals surface area contributed by atoms with Crippen LogP contribution in [0.1, 0.15) is 61.0 Å². The van der Waals surface area contributed by atoms with Gasteiger partial charge >= 0.3 is 0 Å². The van der Waals surface area contributed by atoms with E-state index < -0.39 is 78.8 Å². The highest BCUT2D eigenvalue weighted by Crippen LogP contribution is 2.32. The van der Waals surface area contributed by atoms with Crippen LogP contribution in [0.15, 0.2) is 30.6 Å². The number of hydrogen-bond donors (Lipinski definition) is 0. The molecule has 1 unspecified atom stereocenters. The lowest BCUT2D eigenvalue weighted by Crippen LogP contribution is -2.44. The first-order valence-electron chi connectivity index (χ1n) is 12.9. The predicted molar refractivity (Wildman–Crippen MR) is 100 cm³/mol. The number of rotatable bonds is 5. The van der Waals surface area contributed by atoms with Crippen LogP contribution in [0.2, 0.25) is 5.02 Å².